The SMILES string of the molecule is CCC(=O)O[C@@H](C[C@H]1CCC[C@@H](CC(=O)c2ccccc2)N1C)c1ccccc1. The van der Waals surface area contributed by atoms with Crippen molar-refractivity contribution in [1.82, 2.24) is 4.90 Å². The lowest BCUT2D eigenvalue weighted by atomic mass is 9.88. The number of ketones is 1. The van der Waals surface area contributed by atoms with E-state index in [9.17, 15) is 9.59 Å². The normalized spacial score (nSPS) is 20.8. The largest absolute Gasteiger partial charge is 0.457 e. The van der Waals surface area contributed by atoms with E-state index in [0.717, 1.165) is 36.8 Å². The molecule has 0 aliphatic carbocycles. The van der Waals surface area contributed by atoms with Crippen LogP contribution in [0.3, 0.4) is 0 Å². The van der Waals surface area contributed by atoms with E-state index in [0.29, 0.717) is 12.8 Å². The Bertz CT molecular complexity index is 790. The maximum absolute atomic E-state index is 12.7. The average molecular weight is 394 g/mol. The molecule has 4 heteroatoms. The number of hydrogen-bond acceptors (Lipinski definition) is 4. The zero-order chi connectivity index (χ0) is 20.6. The lowest BCUT2D eigenvalue weighted by Crippen LogP contribution is -2.45. The molecule has 0 spiro atoms. The van der Waals surface area contributed by atoms with Gasteiger partial charge < -0.3 is 4.74 Å². The molecule has 1 aliphatic heterocycles. The molecule has 4 nitrogen and oxygen atoms in total. The fraction of sp³-hybridized carbons (Fsp3) is 0.440. The van der Waals surface area contributed by atoms with Gasteiger partial charge >= 0.3 is 5.97 Å². The molecular weight excluding hydrogens is 362 g/mol. The summed E-state index contributed by atoms with van der Waals surface area (Å²) < 4.78 is 5.79. The van der Waals surface area contributed by atoms with Crippen molar-refractivity contribution in [1.29, 1.82) is 0 Å². The van der Waals surface area contributed by atoms with Crippen molar-refractivity contribution >= 4 is 11.8 Å². The number of benzene rings is 2. The number of esters is 1. The first-order valence-electron chi connectivity index (χ1n) is 10.6. The minimum absolute atomic E-state index is 0.173. The van der Waals surface area contributed by atoms with E-state index < -0.39 is 0 Å². The zero-order valence-corrected chi connectivity index (χ0v) is 17.4. The fourth-order valence-electron chi connectivity index (χ4n) is 4.19. The summed E-state index contributed by atoms with van der Waals surface area (Å²) >= 11 is 0. The van der Waals surface area contributed by atoms with Crippen LogP contribution in [0.25, 0.3) is 0 Å². The van der Waals surface area contributed by atoms with Gasteiger partial charge in [-0.15, -0.1) is 0 Å². The molecule has 1 heterocycles. The van der Waals surface area contributed by atoms with E-state index in [1.165, 1.54) is 0 Å². The molecule has 1 aliphatic rings. The van der Waals surface area contributed by atoms with E-state index in [2.05, 4.69) is 11.9 Å². The number of likely N-dealkylation sites (tertiary alicyclic amines) is 1. The van der Waals surface area contributed by atoms with Crippen LogP contribution < -0.4 is 0 Å². The van der Waals surface area contributed by atoms with E-state index in [4.69, 9.17) is 4.74 Å². The predicted octanol–water partition coefficient (Wildman–Crippen LogP) is 5.20. The number of carbonyl (C=O) groups excluding carboxylic acids is 2. The molecular formula is C25H31NO3. The summed E-state index contributed by atoms with van der Waals surface area (Å²) in [7, 11) is 2.11. The minimum atomic E-state index is -0.250. The summed E-state index contributed by atoms with van der Waals surface area (Å²) in [5, 5.41) is 0. The number of carbonyl (C=O) groups is 2. The first-order chi connectivity index (χ1) is 14.1. The Morgan fingerprint density at radius 2 is 1.62 bits per heavy atom. The Kier molecular flexibility index (Phi) is 7.59. The van der Waals surface area contributed by atoms with Crippen LogP contribution >= 0.6 is 0 Å². The summed E-state index contributed by atoms with van der Waals surface area (Å²) in [6.07, 6.45) is 4.57. The number of nitrogens with zero attached hydrogens (tertiary/aromatic N) is 1. The van der Waals surface area contributed by atoms with Gasteiger partial charge in [0.1, 0.15) is 6.10 Å². The molecule has 1 fully saturated rings. The Balaban J connectivity index is 1.68. The predicted molar refractivity (Wildman–Crippen MR) is 115 cm³/mol. The van der Waals surface area contributed by atoms with E-state index in [1.807, 2.05) is 67.6 Å². The standard InChI is InChI=1S/C25H31NO3/c1-3-25(28)29-24(20-13-8-5-9-14-20)18-22-16-10-15-21(26(22)2)17-23(27)19-11-6-4-7-12-19/h4-9,11-14,21-22,24H,3,10,15-18H2,1-2H3/t21-,22+,24-/m0/s1. The molecule has 0 amide bonds. The number of ether oxygens (including phenoxy) is 1. The van der Waals surface area contributed by atoms with Crippen molar-refractivity contribution in [2.75, 3.05) is 7.05 Å². The van der Waals surface area contributed by atoms with Gasteiger partial charge in [0.25, 0.3) is 0 Å². The van der Waals surface area contributed by atoms with Crippen molar-refractivity contribution < 1.29 is 14.3 Å². The first kappa shape index (κ1) is 21.3. The van der Waals surface area contributed by atoms with Crippen molar-refractivity contribution in [3.63, 3.8) is 0 Å². The number of rotatable bonds is 8. The maximum atomic E-state index is 12.7. The van der Waals surface area contributed by atoms with Crippen LogP contribution in [0.1, 0.15) is 67.5 Å². The second-order valence-corrected chi connectivity index (χ2v) is 7.88. The minimum Gasteiger partial charge on any atom is -0.457 e. The molecule has 3 atom stereocenters. The highest BCUT2D eigenvalue weighted by molar-refractivity contribution is 5.96. The topological polar surface area (TPSA) is 46.6 Å². The summed E-state index contributed by atoms with van der Waals surface area (Å²) in [5.41, 5.74) is 1.81. The van der Waals surface area contributed by atoms with Gasteiger partial charge in [-0.05, 0) is 25.5 Å². The van der Waals surface area contributed by atoms with Crippen molar-refractivity contribution in [2.24, 2.45) is 0 Å². The lowest BCUT2D eigenvalue weighted by Gasteiger charge is -2.40. The number of piperidine rings is 1. The van der Waals surface area contributed by atoms with Crippen LogP contribution in [-0.2, 0) is 9.53 Å². The van der Waals surface area contributed by atoms with Crippen molar-refractivity contribution in [3.05, 3.63) is 71.8 Å². The summed E-state index contributed by atoms with van der Waals surface area (Å²) in [6, 6.07) is 20.0. The van der Waals surface area contributed by atoms with Crippen LogP contribution in [0, 0.1) is 0 Å². The van der Waals surface area contributed by atoms with Crippen LogP contribution in [0.5, 0.6) is 0 Å². The molecule has 0 radical (unpaired) electrons. The molecule has 0 N–H and O–H groups in total. The highest BCUT2D eigenvalue weighted by Crippen LogP contribution is 2.32. The molecule has 3 rings (SSSR count). The monoisotopic (exact) mass is 393 g/mol. The van der Waals surface area contributed by atoms with Crippen LogP contribution in [0.15, 0.2) is 60.7 Å². The quantitative estimate of drug-likeness (QED) is 0.457. The third-order valence-corrected chi connectivity index (χ3v) is 5.96. The van der Waals surface area contributed by atoms with Gasteiger partial charge in [-0.25, -0.2) is 0 Å². The molecule has 2 aromatic carbocycles. The lowest BCUT2D eigenvalue weighted by molar-refractivity contribution is -0.150. The van der Waals surface area contributed by atoms with Gasteiger partial charge in [0.05, 0.1) is 0 Å². The molecule has 0 unspecified atom stereocenters. The molecule has 2 aromatic rings. The highest BCUT2D eigenvalue weighted by Gasteiger charge is 2.32. The zero-order valence-electron chi connectivity index (χ0n) is 17.4. The number of Topliss-reactive ketones (excluding diaryl/α,β-unsaturated/α-hetero) is 1. The van der Waals surface area contributed by atoms with Crippen molar-refractivity contribution in [3.8, 4) is 0 Å². The van der Waals surface area contributed by atoms with E-state index in [-0.39, 0.29) is 29.9 Å². The number of hydrogen-bond donors (Lipinski definition) is 0. The molecule has 154 valence electrons. The average Bonchev–Trinajstić information content (AvgIpc) is 2.77. The smallest absolute Gasteiger partial charge is 0.306 e. The Morgan fingerprint density at radius 1 is 1.00 bits per heavy atom. The van der Waals surface area contributed by atoms with Crippen molar-refractivity contribution in [2.45, 2.75) is 63.6 Å². The van der Waals surface area contributed by atoms with Crippen LogP contribution in [-0.4, -0.2) is 35.8 Å². The Morgan fingerprint density at radius 3 is 2.28 bits per heavy atom. The van der Waals surface area contributed by atoms with Gasteiger partial charge in [0.2, 0.25) is 0 Å². The fourth-order valence-corrected chi connectivity index (χ4v) is 4.19. The Hall–Kier alpha value is -2.46. The second-order valence-electron chi connectivity index (χ2n) is 7.88. The third kappa shape index (κ3) is 5.77. The van der Waals surface area contributed by atoms with Crippen LogP contribution in [0.2, 0.25) is 0 Å². The highest BCUT2D eigenvalue weighted by atomic mass is 16.5. The van der Waals surface area contributed by atoms with Gasteiger partial charge in [0, 0.05) is 36.9 Å². The van der Waals surface area contributed by atoms with Crippen LogP contribution in [0.4, 0.5) is 0 Å². The summed E-state index contributed by atoms with van der Waals surface area (Å²) in [6.45, 7) is 1.82. The Labute approximate surface area is 173 Å². The second kappa shape index (κ2) is 10.4. The molecule has 0 saturated carbocycles. The van der Waals surface area contributed by atoms with Gasteiger partial charge in [-0.2, -0.15) is 0 Å². The van der Waals surface area contributed by atoms with E-state index in [1.54, 1.807) is 0 Å². The maximum Gasteiger partial charge on any atom is 0.306 e. The molecule has 29 heavy (non-hydrogen) atoms. The third-order valence-electron chi connectivity index (χ3n) is 5.96. The first-order valence-corrected chi connectivity index (χ1v) is 10.6. The van der Waals surface area contributed by atoms with Gasteiger partial charge in [0.15, 0.2) is 5.78 Å². The molecule has 1 saturated heterocycles. The summed E-state index contributed by atoms with van der Waals surface area (Å²) in [5.74, 6) is 0.0215. The summed E-state index contributed by atoms with van der Waals surface area (Å²) in [4.78, 5) is 27.0. The van der Waals surface area contributed by atoms with Gasteiger partial charge in [-0.3, -0.25) is 14.5 Å². The van der Waals surface area contributed by atoms with E-state index >= 15 is 0 Å². The van der Waals surface area contributed by atoms with Gasteiger partial charge in [-0.1, -0.05) is 74.0 Å². The molecule has 0 aromatic heterocycles. The molecule has 0 bridgehead atoms.